The predicted octanol–water partition coefficient (Wildman–Crippen LogP) is 1.70. The summed E-state index contributed by atoms with van der Waals surface area (Å²) in [6.45, 7) is 4.77. The van der Waals surface area contributed by atoms with Crippen LogP contribution >= 0.6 is 0 Å². The van der Waals surface area contributed by atoms with Gasteiger partial charge in [-0.05, 0) is 18.9 Å². The molecule has 0 aliphatic carbocycles. The van der Waals surface area contributed by atoms with E-state index in [-0.39, 0.29) is 18.4 Å². The van der Waals surface area contributed by atoms with Crippen molar-refractivity contribution >= 4 is 17.6 Å². The van der Waals surface area contributed by atoms with Crippen molar-refractivity contribution in [3.05, 3.63) is 47.7 Å². The van der Waals surface area contributed by atoms with E-state index in [2.05, 4.69) is 10.5 Å². The van der Waals surface area contributed by atoms with Crippen molar-refractivity contribution in [1.29, 1.82) is 0 Å². The van der Waals surface area contributed by atoms with Crippen molar-refractivity contribution in [2.45, 2.75) is 19.8 Å². The average Bonchev–Trinajstić information content (AvgIpc) is 3.05. The monoisotopic (exact) mass is 356 g/mol. The number of rotatable bonds is 6. The Balaban J connectivity index is 1.38. The third-order valence-electron chi connectivity index (χ3n) is 4.46. The van der Waals surface area contributed by atoms with Crippen LogP contribution in [0.5, 0.6) is 0 Å². The number of carbonyl (C=O) groups is 2. The summed E-state index contributed by atoms with van der Waals surface area (Å²) in [5.41, 5.74) is 1.18. The molecule has 0 atom stereocenters. The lowest BCUT2D eigenvalue weighted by atomic mass is 10.1. The normalized spacial score (nSPS) is 15.0. The molecule has 1 N–H and O–H groups in total. The van der Waals surface area contributed by atoms with Crippen molar-refractivity contribution in [2.75, 3.05) is 38.0 Å². The lowest BCUT2D eigenvalue weighted by Crippen LogP contribution is -2.50. The van der Waals surface area contributed by atoms with Crippen LogP contribution in [0.15, 0.2) is 40.9 Å². The summed E-state index contributed by atoms with van der Waals surface area (Å²) in [6.07, 6.45) is 1.29. The van der Waals surface area contributed by atoms with Crippen molar-refractivity contribution in [3.63, 3.8) is 0 Å². The standard InChI is InChI=1S/C19H24N4O3/c1-15-13-17(21-26-15)20-18(24)14-22-9-11-23(12-10-22)19(25)8-7-16-5-3-2-4-6-16/h2-6,13H,7-12,14H2,1H3,(H,20,21,24). The summed E-state index contributed by atoms with van der Waals surface area (Å²) in [5.74, 6) is 1.14. The largest absolute Gasteiger partial charge is 0.360 e. The molecule has 0 radical (unpaired) electrons. The molecule has 0 spiro atoms. The van der Waals surface area contributed by atoms with Gasteiger partial charge in [-0.15, -0.1) is 0 Å². The van der Waals surface area contributed by atoms with Crippen LogP contribution in [-0.4, -0.2) is 59.5 Å². The number of benzene rings is 1. The fourth-order valence-corrected chi connectivity index (χ4v) is 3.02. The van der Waals surface area contributed by atoms with E-state index < -0.39 is 0 Å². The molecule has 7 nitrogen and oxygen atoms in total. The molecule has 2 heterocycles. The zero-order chi connectivity index (χ0) is 18.4. The number of anilines is 1. The maximum Gasteiger partial charge on any atom is 0.239 e. The highest BCUT2D eigenvalue weighted by molar-refractivity contribution is 5.91. The van der Waals surface area contributed by atoms with Gasteiger partial charge in [-0.1, -0.05) is 35.5 Å². The van der Waals surface area contributed by atoms with Crippen LogP contribution in [-0.2, 0) is 16.0 Å². The van der Waals surface area contributed by atoms with Gasteiger partial charge in [-0.3, -0.25) is 14.5 Å². The number of hydrogen-bond donors (Lipinski definition) is 1. The summed E-state index contributed by atoms with van der Waals surface area (Å²) >= 11 is 0. The number of piperazine rings is 1. The number of nitrogens with one attached hydrogen (secondary N) is 1. The number of hydrogen-bond acceptors (Lipinski definition) is 5. The zero-order valence-electron chi connectivity index (χ0n) is 15.0. The molecule has 7 heteroatoms. The average molecular weight is 356 g/mol. The van der Waals surface area contributed by atoms with E-state index in [0.29, 0.717) is 44.2 Å². The highest BCUT2D eigenvalue weighted by Gasteiger charge is 2.22. The van der Waals surface area contributed by atoms with Gasteiger partial charge in [0.1, 0.15) is 5.76 Å². The van der Waals surface area contributed by atoms with Crippen molar-refractivity contribution in [2.24, 2.45) is 0 Å². The number of aryl methyl sites for hydroxylation is 2. The molecule has 2 aromatic rings. The molecule has 1 fully saturated rings. The summed E-state index contributed by atoms with van der Waals surface area (Å²) in [4.78, 5) is 28.3. The smallest absolute Gasteiger partial charge is 0.239 e. The van der Waals surface area contributed by atoms with Gasteiger partial charge in [-0.2, -0.15) is 0 Å². The molecular formula is C19H24N4O3. The van der Waals surface area contributed by atoms with Crippen LogP contribution in [0.25, 0.3) is 0 Å². The van der Waals surface area contributed by atoms with Gasteiger partial charge in [0.05, 0.1) is 6.54 Å². The Hall–Kier alpha value is -2.67. The summed E-state index contributed by atoms with van der Waals surface area (Å²) in [5, 5.41) is 6.47. The van der Waals surface area contributed by atoms with Crippen LogP contribution in [0.4, 0.5) is 5.82 Å². The zero-order valence-corrected chi connectivity index (χ0v) is 15.0. The Morgan fingerprint density at radius 3 is 2.54 bits per heavy atom. The third-order valence-corrected chi connectivity index (χ3v) is 4.46. The molecule has 1 aromatic heterocycles. The van der Waals surface area contributed by atoms with Gasteiger partial charge in [0.2, 0.25) is 11.8 Å². The molecule has 2 amide bonds. The van der Waals surface area contributed by atoms with Crippen molar-refractivity contribution in [3.8, 4) is 0 Å². The Bertz CT molecular complexity index is 736. The van der Waals surface area contributed by atoms with Gasteiger partial charge in [0, 0.05) is 38.7 Å². The van der Waals surface area contributed by atoms with E-state index in [9.17, 15) is 9.59 Å². The lowest BCUT2D eigenvalue weighted by Gasteiger charge is -2.34. The second-order valence-corrected chi connectivity index (χ2v) is 6.51. The Kier molecular flexibility index (Phi) is 6.01. The Labute approximate surface area is 152 Å². The molecule has 0 saturated carbocycles. The van der Waals surface area contributed by atoms with Crippen molar-refractivity contribution in [1.82, 2.24) is 15.0 Å². The number of carbonyl (C=O) groups excluding carboxylic acids is 2. The maximum absolute atomic E-state index is 12.4. The van der Waals surface area contributed by atoms with Crippen LogP contribution in [0.2, 0.25) is 0 Å². The highest BCUT2D eigenvalue weighted by Crippen LogP contribution is 2.09. The first kappa shape index (κ1) is 18.1. The van der Waals surface area contributed by atoms with Crippen LogP contribution in [0.3, 0.4) is 0 Å². The molecule has 1 aliphatic rings. The third kappa shape index (κ3) is 5.16. The predicted molar refractivity (Wildman–Crippen MR) is 97.7 cm³/mol. The molecule has 1 aliphatic heterocycles. The minimum Gasteiger partial charge on any atom is -0.360 e. The Morgan fingerprint density at radius 1 is 1.15 bits per heavy atom. The second-order valence-electron chi connectivity index (χ2n) is 6.51. The number of amides is 2. The first-order chi connectivity index (χ1) is 12.6. The molecule has 3 rings (SSSR count). The first-order valence-electron chi connectivity index (χ1n) is 8.87. The molecular weight excluding hydrogens is 332 g/mol. The number of nitrogens with zero attached hydrogens (tertiary/aromatic N) is 3. The van der Waals surface area contributed by atoms with Crippen molar-refractivity contribution < 1.29 is 14.1 Å². The van der Waals surface area contributed by atoms with E-state index in [1.165, 1.54) is 5.56 Å². The van der Waals surface area contributed by atoms with E-state index >= 15 is 0 Å². The number of aromatic nitrogens is 1. The minimum absolute atomic E-state index is 0.123. The molecule has 0 bridgehead atoms. The fourth-order valence-electron chi connectivity index (χ4n) is 3.02. The first-order valence-corrected chi connectivity index (χ1v) is 8.87. The summed E-state index contributed by atoms with van der Waals surface area (Å²) in [7, 11) is 0. The van der Waals surface area contributed by atoms with Gasteiger partial charge < -0.3 is 14.7 Å². The van der Waals surface area contributed by atoms with Crippen LogP contribution in [0.1, 0.15) is 17.7 Å². The van der Waals surface area contributed by atoms with E-state index in [4.69, 9.17) is 4.52 Å². The molecule has 1 saturated heterocycles. The molecule has 1 aromatic carbocycles. The quantitative estimate of drug-likeness (QED) is 0.852. The molecule has 26 heavy (non-hydrogen) atoms. The van der Waals surface area contributed by atoms with E-state index in [1.807, 2.05) is 40.1 Å². The maximum atomic E-state index is 12.4. The van der Waals surface area contributed by atoms with Gasteiger partial charge in [0.15, 0.2) is 5.82 Å². The molecule has 138 valence electrons. The van der Waals surface area contributed by atoms with Crippen LogP contribution < -0.4 is 5.32 Å². The van der Waals surface area contributed by atoms with Gasteiger partial charge >= 0.3 is 0 Å². The highest BCUT2D eigenvalue weighted by atomic mass is 16.5. The Morgan fingerprint density at radius 2 is 1.88 bits per heavy atom. The van der Waals surface area contributed by atoms with Gasteiger partial charge in [-0.25, -0.2) is 0 Å². The fraction of sp³-hybridized carbons (Fsp3) is 0.421. The van der Waals surface area contributed by atoms with Crippen LogP contribution in [0, 0.1) is 6.92 Å². The summed E-state index contributed by atoms with van der Waals surface area (Å²) < 4.78 is 4.93. The van der Waals surface area contributed by atoms with Gasteiger partial charge in [0.25, 0.3) is 0 Å². The topological polar surface area (TPSA) is 78.7 Å². The lowest BCUT2D eigenvalue weighted by molar-refractivity contribution is -0.133. The second kappa shape index (κ2) is 8.62. The summed E-state index contributed by atoms with van der Waals surface area (Å²) in [6, 6.07) is 11.7. The molecule has 0 unspecified atom stereocenters. The minimum atomic E-state index is -0.123. The van der Waals surface area contributed by atoms with E-state index in [0.717, 1.165) is 6.42 Å². The SMILES string of the molecule is Cc1cc(NC(=O)CN2CCN(C(=O)CCc3ccccc3)CC2)no1. The van der Waals surface area contributed by atoms with E-state index in [1.54, 1.807) is 13.0 Å².